The minimum absolute atomic E-state index is 0.259. The molecule has 0 spiro atoms. The van der Waals surface area contributed by atoms with Gasteiger partial charge in [0.1, 0.15) is 11.5 Å². The SMILES string of the molecule is CCNc1ccc(C(=O)Nc2cc(C)cc(C)n2)nc1. The van der Waals surface area contributed by atoms with Gasteiger partial charge in [-0.05, 0) is 50.6 Å². The maximum absolute atomic E-state index is 12.1. The van der Waals surface area contributed by atoms with Crippen molar-refractivity contribution in [1.82, 2.24) is 9.97 Å². The van der Waals surface area contributed by atoms with Gasteiger partial charge in [0.25, 0.3) is 5.91 Å². The number of amides is 1. The zero-order valence-electron chi connectivity index (χ0n) is 11.9. The van der Waals surface area contributed by atoms with Crippen LogP contribution < -0.4 is 10.6 Å². The van der Waals surface area contributed by atoms with Gasteiger partial charge in [-0.3, -0.25) is 4.79 Å². The topological polar surface area (TPSA) is 66.9 Å². The van der Waals surface area contributed by atoms with E-state index in [-0.39, 0.29) is 5.91 Å². The van der Waals surface area contributed by atoms with Crippen LogP contribution in [0.25, 0.3) is 0 Å². The van der Waals surface area contributed by atoms with E-state index >= 15 is 0 Å². The fourth-order valence-electron chi connectivity index (χ4n) is 1.92. The summed E-state index contributed by atoms with van der Waals surface area (Å²) in [6.07, 6.45) is 1.65. The van der Waals surface area contributed by atoms with Gasteiger partial charge in [-0.2, -0.15) is 0 Å². The lowest BCUT2D eigenvalue weighted by Crippen LogP contribution is -2.15. The second-order valence-corrected chi connectivity index (χ2v) is 4.59. The Labute approximate surface area is 118 Å². The zero-order valence-corrected chi connectivity index (χ0v) is 11.9. The standard InChI is InChI=1S/C15H18N4O/c1-4-16-12-5-6-13(17-9-12)15(20)19-14-8-10(2)7-11(3)18-14/h5-9,16H,4H2,1-3H3,(H,18,19,20). The highest BCUT2D eigenvalue weighted by Crippen LogP contribution is 2.11. The van der Waals surface area contributed by atoms with Gasteiger partial charge in [-0.15, -0.1) is 0 Å². The summed E-state index contributed by atoms with van der Waals surface area (Å²) < 4.78 is 0. The summed E-state index contributed by atoms with van der Waals surface area (Å²) in [6, 6.07) is 7.31. The van der Waals surface area contributed by atoms with Crippen molar-refractivity contribution < 1.29 is 4.79 Å². The van der Waals surface area contributed by atoms with Crippen molar-refractivity contribution in [1.29, 1.82) is 0 Å². The molecular weight excluding hydrogens is 252 g/mol. The predicted octanol–water partition coefficient (Wildman–Crippen LogP) is 2.78. The fourth-order valence-corrected chi connectivity index (χ4v) is 1.92. The summed E-state index contributed by atoms with van der Waals surface area (Å²) >= 11 is 0. The molecule has 0 unspecified atom stereocenters. The van der Waals surface area contributed by atoms with E-state index in [4.69, 9.17) is 0 Å². The number of aromatic nitrogens is 2. The second kappa shape index (κ2) is 6.14. The molecule has 0 aliphatic rings. The molecule has 0 saturated heterocycles. The van der Waals surface area contributed by atoms with E-state index in [1.165, 1.54) is 0 Å². The Bertz CT molecular complexity index is 588. The molecule has 0 aliphatic heterocycles. The third-order valence-corrected chi connectivity index (χ3v) is 2.72. The lowest BCUT2D eigenvalue weighted by molar-refractivity contribution is 0.102. The van der Waals surface area contributed by atoms with Crippen LogP contribution in [0.15, 0.2) is 30.5 Å². The maximum atomic E-state index is 12.1. The van der Waals surface area contributed by atoms with Crippen molar-refractivity contribution in [2.45, 2.75) is 20.8 Å². The van der Waals surface area contributed by atoms with E-state index in [0.29, 0.717) is 11.5 Å². The molecule has 20 heavy (non-hydrogen) atoms. The summed E-state index contributed by atoms with van der Waals surface area (Å²) in [5.74, 6) is 0.288. The summed E-state index contributed by atoms with van der Waals surface area (Å²) in [6.45, 7) is 6.69. The number of nitrogens with zero attached hydrogens (tertiary/aromatic N) is 2. The summed E-state index contributed by atoms with van der Waals surface area (Å²) in [5, 5.41) is 5.89. The lowest BCUT2D eigenvalue weighted by Gasteiger charge is -2.07. The van der Waals surface area contributed by atoms with Crippen molar-refractivity contribution in [3.8, 4) is 0 Å². The Morgan fingerprint density at radius 2 is 2.05 bits per heavy atom. The summed E-state index contributed by atoms with van der Waals surface area (Å²) in [7, 11) is 0. The summed E-state index contributed by atoms with van der Waals surface area (Å²) in [4.78, 5) is 20.5. The van der Waals surface area contributed by atoms with Crippen molar-refractivity contribution in [3.05, 3.63) is 47.4 Å². The molecule has 1 amide bonds. The molecular formula is C15H18N4O. The van der Waals surface area contributed by atoms with Crippen LogP contribution >= 0.6 is 0 Å². The molecule has 2 aromatic heterocycles. The number of carbonyl (C=O) groups excluding carboxylic acids is 1. The van der Waals surface area contributed by atoms with Gasteiger partial charge in [0.15, 0.2) is 0 Å². The summed E-state index contributed by atoms with van der Waals surface area (Å²) in [5.41, 5.74) is 3.19. The number of carbonyl (C=O) groups is 1. The molecule has 0 fully saturated rings. The molecule has 0 saturated carbocycles. The number of hydrogen-bond donors (Lipinski definition) is 2. The monoisotopic (exact) mass is 270 g/mol. The van der Waals surface area contributed by atoms with Crippen molar-refractivity contribution in [2.75, 3.05) is 17.2 Å². The Kier molecular flexibility index (Phi) is 4.30. The number of pyridine rings is 2. The third kappa shape index (κ3) is 3.54. The van der Waals surface area contributed by atoms with E-state index in [1.54, 1.807) is 12.3 Å². The molecule has 104 valence electrons. The highest BCUT2D eigenvalue weighted by molar-refractivity contribution is 6.02. The van der Waals surface area contributed by atoms with E-state index in [1.807, 2.05) is 39.0 Å². The normalized spacial score (nSPS) is 10.2. The first kappa shape index (κ1) is 14.0. The lowest BCUT2D eigenvalue weighted by atomic mass is 10.2. The van der Waals surface area contributed by atoms with Crippen molar-refractivity contribution in [3.63, 3.8) is 0 Å². The molecule has 0 aliphatic carbocycles. The first-order valence-electron chi connectivity index (χ1n) is 6.55. The van der Waals surface area contributed by atoms with E-state index in [9.17, 15) is 4.79 Å². The molecule has 2 aromatic rings. The number of rotatable bonds is 4. The number of hydrogen-bond acceptors (Lipinski definition) is 4. The smallest absolute Gasteiger partial charge is 0.275 e. The zero-order chi connectivity index (χ0) is 14.5. The highest BCUT2D eigenvalue weighted by atomic mass is 16.1. The van der Waals surface area contributed by atoms with Crippen LogP contribution in [0.5, 0.6) is 0 Å². The molecule has 2 rings (SSSR count). The number of anilines is 2. The Morgan fingerprint density at radius 3 is 2.65 bits per heavy atom. The van der Waals surface area contributed by atoms with Crippen LogP contribution in [0, 0.1) is 13.8 Å². The quantitative estimate of drug-likeness (QED) is 0.896. The van der Waals surface area contributed by atoms with Crippen molar-refractivity contribution in [2.24, 2.45) is 0 Å². The average molecular weight is 270 g/mol. The fraction of sp³-hybridized carbons (Fsp3) is 0.267. The number of nitrogens with one attached hydrogen (secondary N) is 2. The van der Waals surface area contributed by atoms with Gasteiger partial charge in [0.05, 0.1) is 11.9 Å². The highest BCUT2D eigenvalue weighted by Gasteiger charge is 2.08. The van der Waals surface area contributed by atoms with Crippen LogP contribution in [0.1, 0.15) is 28.7 Å². The minimum Gasteiger partial charge on any atom is -0.384 e. The average Bonchev–Trinajstić information content (AvgIpc) is 2.38. The van der Waals surface area contributed by atoms with Crippen LogP contribution in [0.3, 0.4) is 0 Å². The van der Waals surface area contributed by atoms with Crippen molar-refractivity contribution >= 4 is 17.4 Å². The van der Waals surface area contributed by atoms with Crippen LogP contribution in [0.2, 0.25) is 0 Å². The maximum Gasteiger partial charge on any atom is 0.275 e. The van der Waals surface area contributed by atoms with Gasteiger partial charge in [-0.1, -0.05) is 0 Å². The molecule has 2 N–H and O–H groups in total. The Morgan fingerprint density at radius 1 is 1.25 bits per heavy atom. The largest absolute Gasteiger partial charge is 0.384 e. The first-order chi connectivity index (χ1) is 9.58. The molecule has 5 heteroatoms. The van der Waals surface area contributed by atoms with E-state index < -0.39 is 0 Å². The molecule has 0 aromatic carbocycles. The van der Waals surface area contributed by atoms with Gasteiger partial charge < -0.3 is 10.6 Å². The Balaban J connectivity index is 2.11. The third-order valence-electron chi connectivity index (χ3n) is 2.72. The van der Waals surface area contributed by atoms with E-state index in [0.717, 1.165) is 23.5 Å². The Hall–Kier alpha value is -2.43. The predicted molar refractivity (Wildman–Crippen MR) is 80.1 cm³/mol. The first-order valence-corrected chi connectivity index (χ1v) is 6.55. The molecule has 0 bridgehead atoms. The number of aryl methyl sites for hydroxylation is 2. The van der Waals surface area contributed by atoms with Gasteiger partial charge >= 0.3 is 0 Å². The minimum atomic E-state index is -0.259. The molecule has 0 radical (unpaired) electrons. The second-order valence-electron chi connectivity index (χ2n) is 4.59. The molecule has 5 nitrogen and oxygen atoms in total. The van der Waals surface area contributed by atoms with E-state index in [2.05, 4.69) is 20.6 Å². The van der Waals surface area contributed by atoms with Gasteiger partial charge in [0, 0.05) is 12.2 Å². The van der Waals surface area contributed by atoms with Crippen LogP contribution in [-0.2, 0) is 0 Å². The molecule has 2 heterocycles. The van der Waals surface area contributed by atoms with Gasteiger partial charge in [-0.25, -0.2) is 9.97 Å². The van der Waals surface area contributed by atoms with Crippen LogP contribution in [0.4, 0.5) is 11.5 Å². The molecule has 0 atom stereocenters. The van der Waals surface area contributed by atoms with Crippen LogP contribution in [-0.4, -0.2) is 22.4 Å². The van der Waals surface area contributed by atoms with Gasteiger partial charge in [0.2, 0.25) is 0 Å².